The zero-order valence-electron chi connectivity index (χ0n) is 15.8. The van der Waals surface area contributed by atoms with Gasteiger partial charge in [-0.1, -0.05) is 36.4 Å². The SMILES string of the molecule is CC(=O)N1C=Cc2ccccc2[C@H]1CC(=O)OCC(=O)Nc1ccccc1C#N. The molecule has 1 N–H and O–H groups in total. The topological polar surface area (TPSA) is 99.5 Å². The van der Waals surface area contributed by atoms with E-state index in [1.807, 2.05) is 36.4 Å². The van der Waals surface area contributed by atoms with Crippen LogP contribution in [0.15, 0.2) is 54.7 Å². The number of fused-ring (bicyclic) bond motifs is 1. The van der Waals surface area contributed by atoms with E-state index < -0.39 is 24.5 Å². The summed E-state index contributed by atoms with van der Waals surface area (Å²) in [6, 6.07) is 15.5. The van der Waals surface area contributed by atoms with Crippen LogP contribution in [0.3, 0.4) is 0 Å². The van der Waals surface area contributed by atoms with Gasteiger partial charge >= 0.3 is 5.97 Å². The van der Waals surface area contributed by atoms with Crippen LogP contribution in [0.4, 0.5) is 5.69 Å². The minimum Gasteiger partial charge on any atom is -0.455 e. The van der Waals surface area contributed by atoms with Crippen molar-refractivity contribution < 1.29 is 19.1 Å². The molecular weight excluding hydrogens is 370 g/mol. The van der Waals surface area contributed by atoms with E-state index in [4.69, 9.17) is 10.00 Å². The summed E-state index contributed by atoms with van der Waals surface area (Å²) in [5.74, 6) is -1.34. The molecule has 146 valence electrons. The van der Waals surface area contributed by atoms with Gasteiger partial charge in [0.25, 0.3) is 5.91 Å². The minimum atomic E-state index is -0.602. The second-order valence-corrected chi connectivity index (χ2v) is 6.46. The molecule has 0 aromatic heterocycles. The molecule has 0 aliphatic carbocycles. The van der Waals surface area contributed by atoms with Crippen molar-refractivity contribution in [3.63, 3.8) is 0 Å². The Hall–Kier alpha value is -3.92. The number of amides is 2. The first kappa shape index (κ1) is 19.8. The van der Waals surface area contributed by atoms with Crippen molar-refractivity contribution in [1.29, 1.82) is 5.26 Å². The highest BCUT2D eigenvalue weighted by Gasteiger charge is 2.28. The third-order valence-corrected chi connectivity index (χ3v) is 4.51. The van der Waals surface area contributed by atoms with Crippen molar-refractivity contribution >= 4 is 29.5 Å². The van der Waals surface area contributed by atoms with Crippen LogP contribution in [0.5, 0.6) is 0 Å². The van der Waals surface area contributed by atoms with Gasteiger partial charge in [0, 0.05) is 13.1 Å². The Morgan fingerprint density at radius 2 is 1.86 bits per heavy atom. The molecule has 2 aromatic rings. The summed E-state index contributed by atoms with van der Waals surface area (Å²) in [7, 11) is 0. The van der Waals surface area contributed by atoms with E-state index in [-0.39, 0.29) is 12.3 Å². The van der Waals surface area contributed by atoms with E-state index >= 15 is 0 Å². The fourth-order valence-corrected chi connectivity index (χ4v) is 3.15. The number of ether oxygens (including phenoxy) is 1. The van der Waals surface area contributed by atoms with Crippen molar-refractivity contribution in [1.82, 2.24) is 4.90 Å². The predicted octanol–water partition coefficient (Wildman–Crippen LogP) is 3.00. The number of para-hydroxylation sites is 1. The number of nitrogens with one attached hydrogen (secondary N) is 1. The maximum atomic E-state index is 12.4. The molecule has 1 heterocycles. The van der Waals surface area contributed by atoms with Crippen molar-refractivity contribution in [2.75, 3.05) is 11.9 Å². The molecule has 1 aliphatic rings. The number of nitriles is 1. The van der Waals surface area contributed by atoms with Crippen LogP contribution in [-0.2, 0) is 19.1 Å². The van der Waals surface area contributed by atoms with Gasteiger partial charge in [-0.3, -0.25) is 14.4 Å². The number of carbonyl (C=O) groups is 3. The van der Waals surface area contributed by atoms with Gasteiger partial charge in [-0.15, -0.1) is 0 Å². The predicted molar refractivity (Wildman–Crippen MR) is 106 cm³/mol. The van der Waals surface area contributed by atoms with Crippen LogP contribution in [0, 0.1) is 11.3 Å². The van der Waals surface area contributed by atoms with Gasteiger partial charge in [-0.05, 0) is 29.3 Å². The lowest BCUT2D eigenvalue weighted by Gasteiger charge is -2.32. The fourth-order valence-electron chi connectivity index (χ4n) is 3.15. The molecule has 0 saturated heterocycles. The molecule has 2 aromatic carbocycles. The Labute approximate surface area is 168 Å². The fraction of sp³-hybridized carbons (Fsp3) is 0.182. The molecule has 0 bridgehead atoms. The number of hydrogen-bond acceptors (Lipinski definition) is 5. The number of rotatable bonds is 5. The van der Waals surface area contributed by atoms with Gasteiger partial charge in [-0.2, -0.15) is 5.26 Å². The van der Waals surface area contributed by atoms with E-state index in [9.17, 15) is 14.4 Å². The number of nitrogens with zero attached hydrogens (tertiary/aromatic N) is 2. The first-order valence-corrected chi connectivity index (χ1v) is 9.00. The highest BCUT2D eigenvalue weighted by atomic mass is 16.5. The van der Waals surface area contributed by atoms with E-state index in [0.29, 0.717) is 11.3 Å². The normalized spacial score (nSPS) is 14.5. The summed E-state index contributed by atoms with van der Waals surface area (Å²) in [5.41, 5.74) is 2.43. The lowest BCUT2D eigenvalue weighted by Crippen LogP contribution is -2.33. The Morgan fingerprint density at radius 3 is 2.62 bits per heavy atom. The summed E-state index contributed by atoms with van der Waals surface area (Å²) in [4.78, 5) is 37.9. The molecule has 7 nitrogen and oxygen atoms in total. The maximum Gasteiger partial charge on any atom is 0.308 e. The molecule has 1 atom stereocenters. The van der Waals surface area contributed by atoms with E-state index in [1.54, 1.807) is 30.5 Å². The van der Waals surface area contributed by atoms with Crippen LogP contribution >= 0.6 is 0 Å². The van der Waals surface area contributed by atoms with Gasteiger partial charge in [-0.25, -0.2) is 0 Å². The Morgan fingerprint density at radius 1 is 1.14 bits per heavy atom. The lowest BCUT2D eigenvalue weighted by atomic mass is 9.94. The standard InChI is InChI=1S/C22H19N3O4/c1-15(26)25-11-10-16-6-2-4-8-18(16)20(25)12-22(28)29-14-21(27)24-19-9-5-3-7-17(19)13-23/h2-11,20H,12,14H2,1H3,(H,24,27)/t20-/m1/s1. The largest absolute Gasteiger partial charge is 0.455 e. The van der Waals surface area contributed by atoms with Crippen LogP contribution in [0.1, 0.15) is 36.1 Å². The number of hydrogen-bond donors (Lipinski definition) is 1. The number of benzene rings is 2. The van der Waals surface area contributed by atoms with Gasteiger partial charge in [0.1, 0.15) is 6.07 Å². The molecule has 0 unspecified atom stereocenters. The molecule has 0 radical (unpaired) electrons. The number of esters is 1. The molecule has 0 spiro atoms. The second kappa shape index (κ2) is 8.85. The summed E-state index contributed by atoms with van der Waals surface area (Å²) < 4.78 is 5.10. The van der Waals surface area contributed by atoms with E-state index in [1.165, 1.54) is 11.8 Å². The van der Waals surface area contributed by atoms with Gasteiger partial charge < -0.3 is 15.0 Å². The van der Waals surface area contributed by atoms with E-state index in [0.717, 1.165) is 11.1 Å². The molecule has 29 heavy (non-hydrogen) atoms. The van der Waals surface area contributed by atoms with Crippen molar-refractivity contribution in [2.45, 2.75) is 19.4 Å². The van der Waals surface area contributed by atoms with Crippen molar-refractivity contribution in [2.24, 2.45) is 0 Å². The van der Waals surface area contributed by atoms with Crippen LogP contribution < -0.4 is 5.32 Å². The van der Waals surface area contributed by atoms with Gasteiger partial charge in [0.15, 0.2) is 6.61 Å². The second-order valence-electron chi connectivity index (χ2n) is 6.46. The average molecular weight is 389 g/mol. The monoisotopic (exact) mass is 389 g/mol. The summed E-state index contributed by atoms with van der Waals surface area (Å²) in [6.07, 6.45) is 3.38. The molecule has 7 heteroatoms. The summed E-state index contributed by atoms with van der Waals surface area (Å²) in [6.45, 7) is 0.944. The molecule has 2 amide bonds. The zero-order chi connectivity index (χ0) is 20.8. The smallest absolute Gasteiger partial charge is 0.308 e. The quantitative estimate of drug-likeness (QED) is 0.793. The zero-order valence-corrected chi connectivity index (χ0v) is 15.8. The average Bonchev–Trinajstić information content (AvgIpc) is 2.72. The first-order valence-electron chi connectivity index (χ1n) is 9.00. The number of carbonyl (C=O) groups excluding carboxylic acids is 3. The van der Waals surface area contributed by atoms with Crippen LogP contribution in [0.2, 0.25) is 0 Å². The minimum absolute atomic E-state index is 0.0804. The van der Waals surface area contributed by atoms with Crippen LogP contribution in [-0.4, -0.2) is 29.3 Å². The third-order valence-electron chi connectivity index (χ3n) is 4.51. The van der Waals surface area contributed by atoms with Crippen LogP contribution in [0.25, 0.3) is 6.08 Å². The highest BCUT2D eigenvalue weighted by molar-refractivity contribution is 5.94. The molecule has 0 fully saturated rings. The number of anilines is 1. The summed E-state index contributed by atoms with van der Waals surface area (Å²) in [5, 5.41) is 11.6. The maximum absolute atomic E-state index is 12.4. The lowest BCUT2D eigenvalue weighted by molar-refractivity contribution is -0.149. The Kier molecular flexibility index (Phi) is 6.05. The molecular formula is C22H19N3O4. The molecule has 3 rings (SSSR count). The van der Waals surface area contributed by atoms with Crippen molar-refractivity contribution in [3.05, 3.63) is 71.4 Å². The Bertz CT molecular complexity index is 1020. The summed E-state index contributed by atoms with van der Waals surface area (Å²) >= 11 is 0. The first-order chi connectivity index (χ1) is 14.0. The Balaban J connectivity index is 1.62. The van der Waals surface area contributed by atoms with Gasteiger partial charge in [0.05, 0.1) is 23.7 Å². The highest BCUT2D eigenvalue weighted by Crippen LogP contribution is 2.33. The third kappa shape index (κ3) is 4.68. The molecule has 0 saturated carbocycles. The van der Waals surface area contributed by atoms with Gasteiger partial charge in [0.2, 0.25) is 5.91 Å². The van der Waals surface area contributed by atoms with Crippen molar-refractivity contribution in [3.8, 4) is 6.07 Å². The molecule has 1 aliphatic heterocycles. The van der Waals surface area contributed by atoms with E-state index in [2.05, 4.69) is 5.32 Å².